The Bertz CT molecular complexity index is 1160. The van der Waals surface area contributed by atoms with Crippen LogP contribution in [0.5, 0.6) is 0 Å². The molecule has 0 atom stereocenters. The number of nitrogens with one attached hydrogen (secondary N) is 1. The van der Waals surface area contributed by atoms with Gasteiger partial charge in [0.05, 0.1) is 5.69 Å². The van der Waals surface area contributed by atoms with Gasteiger partial charge >= 0.3 is 0 Å². The second-order valence-electron chi connectivity index (χ2n) is 7.19. The minimum Gasteiger partial charge on any atom is -0.354 e. The van der Waals surface area contributed by atoms with Gasteiger partial charge < -0.3 is 10.2 Å². The first-order chi connectivity index (χ1) is 14.2. The molecular weight excluding hydrogens is 367 g/mol. The van der Waals surface area contributed by atoms with Gasteiger partial charge in [-0.2, -0.15) is 0 Å². The first-order valence-corrected chi connectivity index (χ1v) is 9.73. The zero-order valence-electron chi connectivity index (χ0n) is 16.1. The Kier molecular flexibility index (Phi) is 4.44. The minimum atomic E-state index is -0.268. The number of pyridine rings is 2. The third-order valence-corrected chi connectivity index (χ3v) is 5.26. The lowest BCUT2D eigenvalue weighted by Crippen LogP contribution is -2.43. The fourth-order valence-corrected chi connectivity index (χ4v) is 3.76. The number of hydrogen-bond donors (Lipinski definition) is 1. The van der Waals surface area contributed by atoms with Crippen molar-refractivity contribution in [2.24, 2.45) is 0 Å². The van der Waals surface area contributed by atoms with E-state index in [-0.39, 0.29) is 5.82 Å². The zero-order valence-corrected chi connectivity index (χ0v) is 16.1. The predicted octanol–water partition coefficient (Wildman–Crippen LogP) is 3.34. The number of aromatic nitrogens is 4. The van der Waals surface area contributed by atoms with E-state index in [1.165, 1.54) is 12.1 Å². The molecule has 0 spiro atoms. The molecular formula is C22H21FN6. The van der Waals surface area contributed by atoms with E-state index in [2.05, 4.69) is 15.2 Å². The van der Waals surface area contributed by atoms with Crippen LogP contribution >= 0.6 is 0 Å². The van der Waals surface area contributed by atoms with Crippen molar-refractivity contribution in [3.63, 3.8) is 0 Å². The van der Waals surface area contributed by atoms with Crippen LogP contribution in [0.15, 0.2) is 54.9 Å². The van der Waals surface area contributed by atoms with Gasteiger partial charge in [-0.1, -0.05) is 0 Å². The highest BCUT2D eigenvalue weighted by Crippen LogP contribution is 2.30. The summed E-state index contributed by atoms with van der Waals surface area (Å²) < 4.78 is 15.5. The largest absolute Gasteiger partial charge is 0.354 e. The van der Waals surface area contributed by atoms with E-state index in [0.717, 1.165) is 65.8 Å². The lowest BCUT2D eigenvalue weighted by molar-refractivity contribution is 0.585. The summed E-state index contributed by atoms with van der Waals surface area (Å²) in [7, 11) is 0. The maximum atomic E-state index is 13.5. The third kappa shape index (κ3) is 3.23. The van der Waals surface area contributed by atoms with Gasteiger partial charge in [-0.15, -0.1) is 0 Å². The van der Waals surface area contributed by atoms with E-state index in [9.17, 15) is 4.39 Å². The molecule has 0 radical (unpaired) electrons. The van der Waals surface area contributed by atoms with Crippen molar-refractivity contribution in [1.82, 2.24) is 24.8 Å². The highest BCUT2D eigenvalue weighted by molar-refractivity contribution is 5.82. The molecule has 1 N–H and O–H groups in total. The molecule has 0 unspecified atom stereocenters. The first-order valence-electron chi connectivity index (χ1n) is 9.73. The van der Waals surface area contributed by atoms with Crippen LogP contribution in [0.3, 0.4) is 0 Å². The molecule has 5 rings (SSSR count). The summed E-state index contributed by atoms with van der Waals surface area (Å²) in [5.41, 5.74) is 4.41. The van der Waals surface area contributed by atoms with Gasteiger partial charge in [-0.25, -0.2) is 14.4 Å². The summed E-state index contributed by atoms with van der Waals surface area (Å²) in [6.45, 7) is 5.76. The van der Waals surface area contributed by atoms with Crippen molar-refractivity contribution in [2.75, 3.05) is 31.1 Å². The van der Waals surface area contributed by atoms with Crippen molar-refractivity contribution in [3.8, 4) is 17.1 Å². The second kappa shape index (κ2) is 7.25. The Morgan fingerprint density at radius 2 is 1.76 bits per heavy atom. The standard InChI is InChI=1S/C22H21FN6/c1-15-14-25-9-8-19(15)29-21(16-2-4-17(23)5-3-16)26-18-6-7-20(27-22(18)29)28-12-10-24-11-13-28/h2-9,14,24H,10-13H2,1H3. The van der Waals surface area contributed by atoms with Crippen molar-refractivity contribution in [1.29, 1.82) is 0 Å². The normalized spacial score (nSPS) is 14.5. The van der Waals surface area contributed by atoms with Crippen LogP contribution < -0.4 is 10.2 Å². The van der Waals surface area contributed by atoms with Gasteiger partial charge in [0.15, 0.2) is 5.65 Å². The van der Waals surface area contributed by atoms with Crippen molar-refractivity contribution in [3.05, 3.63) is 66.2 Å². The van der Waals surface area contributed by atoms with Crippen molar-refractivity contribution < 1.29 is 4.39 Å². The number of rotatable bonds is 3. The monoisotopic (exact) mass is 388 g/mol. The molecule has 4 aromatic rings. The molecule has 0 aliphatic carbocycles. The van der Waals surface area contributed by atoms with E-state index in [1.54, 1.807) is 18.3 Å². The molecule has 1 saturated heterocycles. The number of hydrogen-bond acceptors (Lipinski definition) is 5. The van der Waals surface area contributed by atoms with Crippen LogP contribution in [0, 0.1) is 12.7 Å². The maximum Gasteiger partial charge on any atom is 0.167 e. The van der Waals surface area contributed by atoms with Gasteiger partial charge in [0.1, 0.15) is 23.0 Å². The van der Waals surface area contributed by atoms with Crippen LogP contribution in [-0.4, -0.2) is 45.7 Å². The van der Waals surface area contributed by atoms with Crippen LogP contribution in [0.2, 0.25) is 0 Å². The second-order valence-corrected chi connectivity index (χ2v) is 7.19. The molecule has 1 aromatic carbocycles. The molecule has 1 aliphatic rings. The quantitative estimate of drug-likeness (QED) is 0.583. The highest BCUT2D eigenvalue weighted by atomic mass is 19.1. The lowest BCUT2D eigenvalue weighted by atomic mass is 10.2. The molecule has 7 heteroatoms. The van der Waals surface area contributed by atoms with E-state index in [0.29, 0.717) is 0 Å². The Balaban J connectivity index is 1.74. The molecule has 0 bridgehead atoms. The lowest BCUT2D eigenvalue weighted by Gasteiger charge is -2.28. The molecule has 0 saturated carbocycles. The topological polar surface area (TPSA) is 58.9 Å². The number of fused-ring (bicyclic) bond motifs is 1. The number of piperazine rings is 1. The molecule has 6 nitrogen and oxygen atoms in total. The van der Waals surface area contributed by atoms with E-state index < -0.39 is 0 Å². The molecule has 0 amide bonds. The maximum absolute atomic E-state index is 13.5. The SMILES string of the molecule is Cc1cnccc1-n1c(-c2ccc(F)cc2)nc2ccc(N3CCNCC3)nc21. The fourth-order valence-electron chi connectivity index (χ4n) is 3.76. The summed E-state index contributed by atoms with van der Waals surface area (Å²) in [5, 5.41) is 3.37. The molecule has 4 heterocycles. The molecule has 146 valence electrons. The fraction of sp³-hybridized carbons (Fsp3) is 0.227. The van der Waals surface area contributed by atoms with E-state index in [1.807, 2.05) is 35.9 Å². The smallest absolute Gasteiger partial charge is 0.167 e. The van der Waals surface area contributed by atoms with Crippen LogP contribution in [0.4, 0.5) is 10.2 Å². The van der Waals surface area contributed by atoms with Crippen LogP contribution in [0.25, 0.3) is 28.2 Å². The average Bonchev–Trinajstić information content (AvgIpc) is 3.14. The Hall–Kier alpha value is -3.32. The Labute approximate surface area is 168 Å². The van der Waals surface area contributed by atoms with Gasteiger partial charge in [0, 0.05) is 44.1 Å². The van der Waals surface area contributed by atoms with Crippen LogP contribution in [-0.2, 0) is 0 Å². The third-order valence-electron chi connectivity index (χ3n) is 5.26. The van der Waals surface area contributed by atoms with E-state index in [4.69, 9.17) is 9.97 Å². The van der Waals surface area contributed by atoms with Crippen molar-refractivity contribution >= 4 is 17.0 Å². The van der Waals surface area contributed by atoms with Gasteiger partial charge in [-0.05, 0) is 55.0 Å². The number of imidazole rings is 1. The molecule has 29 heavy (non-hydrogen) atoms. The van der Waals surface area contributed by atoms with Gasteiger partial charge in [-0.3, -0.25) is 9.55 Å². The number of anilines is 1. The number of aryl methyl sites for hydroxylation is 1. The number of benzene rings is 1. The summed E-state index contributed by atoms with van der Waals surface area (Å²) in [4.78, 5) is 16.3. The predicted molar refractivity (Wildman–Crippen MR) is 112 cm³/mol. The Morgan fingerprint density at radius 3 is 2.52 bits per heavy atom. The minimum absolute atomic E-state index is 0.268. The van der Waals surface area contributed by atoms with Gasteiger partial charge in [0.2, 0.25) is 0 Å². The average molecular weight is 388 g/mol. The zero-order chi connectivity index (χ0) is 19.8. The summed E-state index contributed by atoms with van der Waals surface area (Å²) in [6, 6.07) is 12.4. The highest BCUT2D eigenvalue weighted by Gasteiger charge is 2.19. The summed E-state index contributed by atoms with van der Waals surface area (Å²) in [6.07, 6.45) is 3.60. The van der Waals surface area contributed by atoms with Crippen LogP contribution in [0.1, 0.15) is 5.56 Å². The Morgan fingerprint density at radius 1 is 0.966 bits per heavy atom. The molecule has 3 aromatic heterocycles. The van der Waals surface area contributed by atoms with Gasteiger partial charge in [0.25, 0.3) is 0 Å². The number of halogens is 1. The summed E-state index contributed by atoms with van der Waals surface area (Å²) >= 11 is 0. The van der Waals surface area contributed by atoms with Crippen molar-refractivity contribution in [2.45, 2.75) is 6.92 Å². The summed E-state index contributed by atoms with van der Waals surface area (Å²) in [5.74, 6) is 1.41. The number of nitrogens with zero attached hydrogens (tertiary/aromatic N) is 5. The van der Waals surface area contributed by atoms with E-state index >= 15 is 0 Å². The molecule has 1 fully saturated rings. The first kappa shape index (κ1) is 17.8. The molecule has 1 aliphatic heterocycles.